The van der Waals surface area contributed by atoms with E-state index in [2.05, 4.69) is 15.5 Å². The number of non-ortho nitro benzene ring substituents is 1. The number of aromatic nitrogens is 3. The highest BCUT2D eigenvalue weighted by Crippen LogP contribution is 2.29. The predicted molar refractivity (Wildman–Crippen MR) is 125 cm³/mol. The van der Waals surface area contributed by atoms with Gasteiger partial charge < -0.3 is 4.57 Å². The van der Waals surface area contributed by atoms with Crippen LogP contribution in [0.3, 0.4) is 0 Å². The Hall–Kier alpha value is -4.62. The zero-order valence-corrected chi connectivity index (χ0v) is 18.1. The van der Waals surface area contributed by atoms with Gasteiger partial charge in [0.25, 0.3) is 11.6 Å². The molecule has 0 aliphatic rings. The molecule has 0 fully saturated rings. The highest BCUT2D eigenvalue weighted by atomic mass is 32.1. The van der Waals surface area contributed by atoms with Crippen molar-refractivity contribution < 1.29 is 9.72 Å². The number of benzene rings is 2. The Morgan fingerprint density at radius 2 is 1.91 bits per heavy atom. The lowest BCUT2D eigenvalue weighted by Crippen LogP contribution is -2.13. The molecule has 0 aliphatic heterocycles. The maximum absolute atomic E-state index is 12.7. The van der Waals surface area contributed by atoms with Crippen LogP contribution in [0.4, 0.5) is 10.8 Å². The maximum atomic E-state index is 12.7. The molecule has 0 bridgehead atoms. The number of hydrogen-bond acceptors (Lipinski definition) is 7. The molecule has 1 N–H and O–H groups in total. The summed E-state index contributed by atoms with van der Waals surface area (Å²) in [4.78, 5) is 23.1. The molecule has 2 heterocycles. The minimum absolute atomic E-state index is 0.0257. The van der Waals surface area contributed by atoms with E-state index >= 15 is 0 Å². The molecule has 162 valence electrons. The number of carbonyl (C=O) groups is 1. The van der Waals surface area contributed by atoms with Crippen molar-refractivity contribution in [2.75, 3.05) is 5.32 Å². The summed E-state index contributed by atoms with van der Waals surface area (Å²) in [5.74, 6) is -0.610. The van der Waals surface area contributed by atoms with Crippen molar-refractivity contribution in [3.05, 3.63) is 93.8 Å². The normalized spacial score (nSPS) is 11.1. The third-order valence-corrected chi connectivity index (χ3v) is 5.67. The molecule has 4 aromatic rings. The number of nitro groups is 1. The largest absolute Gasteiger partial charge is 0.317 e. The highest BCUT2D eigenvalue weighted by Gasteiger charge is 2.15. The second kappa shape index (κ2) is 9.25. The first-order valence-corrected chi connectivity index (χ1v) is 10.5. The number of amides is 1. The Kier molecular flexibility index (Phi) is 6.06. The maximum Gasteiger partial charge on any atom is 0.269 e. The Balaban J connectivity index is 1.55. The average Bonchev–Trinajstić information content (AvgIpc) is 3.47. The molecule has 10 heteroatoms. The van der Waals surface area contributed by atoms with Gasteiger partial charge in [0.2, 0.25) is 5.13 Å². The van der Waals surface area contributed by atoms with Crippen molar-refractivity contribution in [1.82, 2.24) is 14.8 Å². The highest BCUT2D eigenvalue weighted by molar-refractivity contribution is 7.18. The van der Waals surface area contributed by atoms with Gasteiger partial charge in [-0.3, -0.25) is 20.2 Å². The van der Waals surface area contributed by atoms with E-state index < -0.39 is 10.8 Å². The average molecular weight is 456 g/mol. The Morgan fingerprint density at radius 3 is 2.61 bits per heavy atom. The Morgan fingerprint density at radius 1 is 1.15 bits per heavy atom. The van der Waals surface area contributed by atoms with E-state index in [0.717, 1.165) is 11.1 Å². The van der Waals surface area contributed by atoms with Crippen LogP contribution in [0.1, 0.15) is 11.3 Å². The molecule has 0 saturated heterocycles. The van der Waals surface area contributed by atoms with Crippen molar-refractivity contribution in [3.63, 3.8) is 0 Å². The van der Waals surface area contributed by atoms with Crippen LogP contribution in [0.15, 0.2) is 72.4 Å². The minimum atomic E-state index is -0.610. The van der Waals surface area contributed by atoms with E-state index in [1.165, 1.54) is 29.5 Å². The lowest BCUT2D eigenvalue weighted by atomic mass is 10.1. The first kappa shape index (κ1) is 21.6. The summed E-state index contributed by atoms with van der Waals surface area (Å²) in [6.07, 6.45) is 3.18. The van der Waals surface area contributed by atoms with Crippen LogP contribution in [0, 0.1) is 28.4 Å². The summed E-state index contributed by atoms with van der Waals surface area (Å²) in [7, 11) is 0. The molecule has 0 saturated carbocycles. The van der Waals surface area contributed by atoms with Crippen molar-refractivity contribution in [3.8, 4) is 22.3 Å². The number of anilines is 1. The molecule has 2 aromatic carbocycles. The van der Waals surface area contributed by atoms with Crippen LogP contribution in [0.2, 0.25) is 0 Å². The molecule has 1 amide bonds. The summed E-state index contributed by atoms with van der Waals surface area (Å²) < 4.78 is 1.72. The van der Waals surface area contributed by atoms with Gasteiger partial charge in [-0.05, 0) is 42.8 Å². The van der Waals surface area contributed by atoms with Gasteiger partial charge in [-0.15, -0.1) is 10.2 Å². The van der Waals surface area contributed by atoms with Gasteiger partial charge in [0.15, 0.2) is 0 Å². The van der Waals surface area contributed by atoms with E-state index in [1.807, 2.05) is 37.3 Å². The molecule has 9 nitrogen and oxygen atoms in total. The molecule has 4 rings (SSSR count). The van der Waals surface area contributed by atoms with E-state index in [-0.39, 0.29) is 16.4 Å². The number of nitrogens with zero attached hydrogens (tertiary/aromatic N) is 5. The zero-order valence-electron chi connectivity index (χ0n) is 17.3. The van der Waals surface area contributed by atoms with Crippen molar-refractivity contribution in [2.45, 2.75) is 6.92 Å². The zero-order chi connectivity index (χ0) is 23.4. The lowest BCUT2D eigenvalue weighted by molar-refractivity contribution is -0.384. The Bertz CT molecular complexity index is 1410. The lowest BCUT2D eigenvalue weighted by Gasteiger charge is -2.07. The van der Waals surface area contributed by atoms with Crippen molar-refractivity contribution in [2.24, 2.45) is 0 Å². The number of rotatable bonds is 6. The molecule has 0 radical (unpaired) electrons. The van der Waals surface area contributed by atoms with E-state index in [1.54, 1.807) is 35.0 Å². The van der Waals surface area contributed by atoms with Gasteiger partial charge in [-0.1, -0.05) is 35.6 Å². The van der Waals surface area contributed by atoms with Crippen molar-refractivity contribution in [1.29, 1.82) is 5.26 Å². The Labute approximate surface area is 192 Å². The summed E-state index contributed by atoms with van der Waals surface area (Å²) in [6.45, 7) is 1.96. The number of nitrogens with one attached hydrogen (secondary N) is 1. The third-order valence-electron chi connectivity index (χ3n) is 4.80. The standard InChI is InChI=1S/C23H16N6O3S/c1-15-5-2-3-7-20(15)22-26-27-23(33-22)25-21(30)16(14-24)13-19-6-4-12-28(19)17-8-10-18(11-9-17)29(31)32/h2-13H,1H3,(H,25,27,30). The molecule has 33 heavy (non-hydrogen) atoms. The molecule has 0 unspecified atom stereocenters. The van der Waals surface area contributed by atoms with Crippen LogP contribution in [-0.2, 0) is 4.79 Å². The third kappa shape index (κ3) is 4.68. The van der Waals surface area contributed by atoms with Crippen LogP contribution < -0.4 is 5.32 Å². The molecule has 0 spiro atoms. The molecular formula is C23H16N6O3S. The molecule has 2 aromatic heterocycles. The van der Waals surface area contributed by atoms with Gasteiger partial charge in [-0.2, -0.15) is 5.26 Å². The summed E-state index contributed by atoms with van der Waals surface area (Å²) in [5.41, 5.74) is 3.03. The van der Waals surface area contributed by atoms with Crippen LogP contribution in [0.5, 0.6) is 0 Å². The van der Waals surface area contributed by atoms with Gasteiger partial charge in [0.1, 0.15) is 16.6 Å². The fourth-order valence-electron chi connectivity index (χ4n) is 3.14. The van der Waals surface area contributed by atoms with E-state index in [9.17, 15) is 20.2 Å². The monoisotopic (exact) mass is 456 g/mol. The number of nitriles is 1. The predicted octanol–water partition coefficient (Wildman–Crippen LogP) is 4.76. The second-order valence-corrected chi connectivity index (χ2v) is 7.91. The SMILES string of the molecule is Cc1ccccc1-c1nnc(NC(=O)C(C#N)=Cc2cccn2-c2ccc([N+](=O)[O-])cc2)s1. The fraction of sp³-hybridized carbons (Fsp3) is 0.0435. The van der Waals surface area contributed by atoms with Gasteiger partial charge in [0.05, 0.1) is 4.92 Å². The smallest absolute Gasteiger partial charge is 0.269 e. The topological polar surface area (TPSA) is 127 Å². The minimum Gasteiger partial charge on any atom is -0.317 e. The first-order valence-electron chi connectivity index (χ1n) is 9.71. The molecule has 0 aliphatic carbocycles. The van der Waals surface area contributed by atoms with E-state index in [4.69, 9.17) is 0 Å². The number of nitro benzene ring substituents is 1. The van der Waals surface area contributed by atoms with Crippen molar-refractivity contribution >= 4 is 34.1 Å². The van der Waals surface area contributed by atoms with Gasteiger partial charge >= 0.3 is 0 Å². The van der Waals surface area contributed by atoms with Gasteiger partial charge in [0, 0.05) is 35.3 Å². The molecular weight excluding hydrogens is 440 g/mol. The number of aryl methyl sites for hydroxylation is 1. The summed E-state index contributed by atoms with van der Waals surface area (Å²) >= 11 is 1.22. The van der Waals surface area contributed by atoms with Crippen LogP contribution in [0.25, 0.3) is 22.3 Å². The summed E-state index contributed by atoms with van der Waals surface area (Å²) in [6, 6.07) is 19.1. The number of carbonyl (C=O) groups excluding carboxylic acids is 1. The van der Waals surface area contributed by atoms with Crippen LogP contribution in [-0.4, -0.2) is 25.6 Å². The molecule has 0 atom stereocenters. The van der Waals surface area contributed by atoms with E-state index in [0.29, 0.717) is 16.4 Å². The van der Waals surface area contributed by atoms with Crippen LogP contribution >= 0.6 is 11.3 Å². The quantitative estimate of drug-likeness (QED) is 0.193. The number of hydrogen-bond donors (Lipinski definition) is 1. The first-order chi connectivity index (χ1) is 16.0. The van der Waals surface area contributed by atoms with Gasteiger partial charge in [-0.25, -0.2) is 0 Å². The summed E-state index contributed by atoms with van der Waals surface area (Å²) in [5, 5.41) is 32.2. The second-order valence-electron chi connectivity index (χ2n) is 6.93. The fourth-order valence-corrected chi connectivity index (χ4v) is 3.97.